The molecule has 0 N–H and O–H groups in total. The van der Waals surface area contributed by atoms with E-state index in [9.17, 15) is 0 Å². The molecule has 0 aromatic rings. The van der Waals surface area contributed by atoms with E-state index in [-0.39, 0.29) is 50.9 Å². The molecule has 0 aliphatic carbocycles. The molecule has 0 aromatic carbocycles. The van der Waals surface area contributed by atoms with E-state index in [2.05, 4.69) is 27.7 Å². The molecule has 0 nitrogen and oxygen atoms in total. The Morgan fingerprint density at radius 3 is 0.812 bits per heavy atom. The standard InChI is InChI=1S/C12H28P.3BrH/c1-5-9-13(10-6-2,11-7-3)12-8-4;;;/h5-12H2,1-4H3;3*1H/q+1;;;. The third kappa shape index (κ3) is 11.0. The minimum absolute atomic E-state index is 0. The molecule has 0 rings (SSSR count). The van der Waals surface area contributed by atoms with Gasteiger partial charge in [0.15, 0.2) is 0 Å². The van der Waals surface area contributed by atoms with E-state index < -0.39 is 7.26 Å². The molecule has 16 heavy (non-hydrogen) atoms. The Balaban J connectivity index is -0.000000240. The molecule has 0 amide bonds. The Bertz CT molecular complexity index is 91.3. The van der Waals surface area contributed by atoms with Crippen LogP contribution in [-0.2, 0) is 0 Å². The second-order valence-corrected chi connectivity index (χ2v) is 8.71. The lowest BCUT2D eigenvalue weighted by Crippen LogP contribution is -2.10. The maximum Gasteiger partial charge on any atom is 0.0591 e. The molecule has 0 aromatic heterocycles. The molecule has 104 valence electrons. The first-order valence-electron chi connectivity index (χ1n) is 6.09. The molecule has 0 radical (unpaired) electrons. The van der Waals surface area contributed by atoms with Crippen LogP contribution < -0.4 is 0 Å². The minimum Gasteiger partial charge on any atom is -0.114 e. The average molecular weight is 446 g/mol. The molecule has 0 atom stereocenters. The van der Waals surface area contributed by atoms with Crippen LogP contribution in [0, 0.1) is 0 Å². The molecular formula is C12H31Br3P+. The predicted octanol–water partition coefficient (Wildman–Crippen LogP) is 6.38. The molecule has 4 heteroatoms. The van der Waals surface area contributed by atoms with Gasteiger partial charge in [0.25, 0.3) is 0 Å². The van der Waals surface area contributed by atoms with Crippen LogP contribution in [0.15, 0.2) is 0 Å². The summed E-state index contributed by atoms with van der Waals surface area (Å²) in [5.41, 5.74) is 0. The zero-order valence-corrected chi connectivity index (χ0v) is 17.4. The van der Waals surface area contributed by atoms with Crippen LogP contribution in [0.5, 0.6) is 0 Å². The van der Waals surface area contributed by atoms with Crippen LogP contribution >= 0.6 is 58.2 Å². The van der Waals surface area contributed by atoms with E-state index in [0.717, 1.165) is 0 Å². The van der Waals surface area contributed by atoms with Crippen molar-refractivity contribution in [2.45, 2.75) is 53.4 Å². The van der Waals surface area contributed by atoms with Gasteiger partial charge in [-0.3, -0.25) is 0 Å². The highest BCUT2D eigenvalue weighted by Gasteiger charge is 2.32. The lowest BCUT2D eigenvalue weighted by atomic mass is 10.5. The first kappa shape index (κ1) is 26.4. The molecule has 0 fully saturated rings. The van der Waals surface area contributed by atoms with Gasteiger partial charge in [-0.1, -0.05) is 27.7 Å². The highest BCUT2D eigenvalue weighted by molar-refractivity contribution is 8.93. The Morgan fingerprint density at radius 1 is 0.500 bits per heavy atom. The monoisotopic (exact) mass is 443 g/mol. The van der Waals surface area contributed by atoms with Gasteiger partial charge in [-0.2, -0.15) is 0 Å². The Labute approximate surface area is 135 Å². The van der Waals surface area contributed by atoms with Gasteiger partial charge in [-0.25, -0.2) is 0 Å². The van der Waals surface area contributed by atoms with Crippen molar-refractivity contribution in [2.75, 3.05) is 24.6 Å². The fourth-order valence-electron chi connectivity index (χ4n) is 2.57. The highest BCUT2D eigenvalue weighted by atomic mass is 79.9. The van der Waals surface area contributed by atoms with E-state index in [1.807, 2.05) is 0 Å². The molecule has 0 aliphatic rings. The van der Waals surface area contributed by atoms with E-state index >= 15 is 0 Å². The topological polar surface area (TPSA) is 0 Å². The number of hydrogen-bond acceptors (Lipinski definition) is 0. The van der Waals surface area contributed by atoms with Gasteiger partial charge in [0.05, 0.1) is 24.6 Å². The van der Waals surface area contributed by atoms with Gasteiger partial charge >= 0.3 is 0 Å². The van der Waals surface area contributed by atoms with Gasteiger partial charge in [0, 0.05) is 7.26 Å². The largest absolute Gasteiger partial charge is 0.114 e. The first-order valence-corrected chi connectivity index (χ1v) is 8.62. The molecule has 0 bridgehead atoms. The fourth-order valence-corrected chi connectivity index (χ4v) is 7.70. The van der Waals surface area contributed by atoms with Crippen molar-refractivity contribution in [1.82, 2.24) is 0 Å². The van der Waals surface area contributed by atoms with Crippen molar-refractivity contribution in [3.63, 3.8) is 0 Å². The third-order valence-electron chi connectivity index (χ3n) is 2.79. The van der Waals surface area contributed by atoms with Crippen molar-refractivity contribution in [2.24, 2.45) is 0 Å². The van der Waals surface area contributed by atoms with Crippen LogP contribution in [0.25, 0.3) is 0 Å². The van der Waals surface area contributed by atoms with E-state index in [0.29, 0.717) is 0 Å². The number of hydrogen-bond donors (Lipinski definition) is 0. The quantitative estimate of drug-likeness (QED) is 0.380. The highest BCUT2D eigenvalue weighted by Crippen LogP contribution is 2.60. The van der Waals surface area contributed by atoms with Crippen molar-refractivity contribution < 1.29 is 0 Å². The summed E-state index contributed by atoms with van der Waals surface area (Å²) in [6.07, 6.45) is 11.9. The smallest absolute Gasteiger partial charge is 0.0591 e. The van der Waals surface area contributed by atoms with Crippen LogP contribution in [0.2, 0.25) is 0 Å². The zero-order chi connectivity index (χ0) is 10.2. The molecular weight excluding hydrogens is 415 g/mol. The van der Waals surface area contributed by atoms with Gasteiger partial charge in [0.1, 0.15) is 0 Å². The van der Waals surface area contributed by atoms with Gasteiger partial charge in [-0.05, 0) is 25.7 Å². The summed E-state index contributed by atoms with van der Waals surface area (Å²) < 4.78 is 0. The van der Waals surface area contributed by atoms with Gasteiger partial charge in [0.2, 0.25) is 0 Å². The Morgan fingerprint density at radius 2 is 0.688 bits per heavy atom. The number of rotatable bonds is 8. The van der Waals surface area contributed by atoms with Crippen molar-refractivity contribution in [3.8, 4) is 0 Å². The average Bonchev–Trinajstić information content (AvgIpc) is 2.06. The molecule has 0 aliphatic heterocycles. The zero-order valence-electron chi connectivity index (χ0n) is 11.3. The summed E-state index contributed by atoms with van der Waals surface area (Å²) in [6.45, 7) is 9.43. The van der Waals surface area contributed by atoms with Crippen molar-refractivity contribution in [3.05, 3.63) is 0 Å². The molecule has 0 heterocycles. The summed E-state index contributed by atoms with van der Waals surface area (Å²) in [5, 5.41) is 0. The third-order valence-corrected chi connectivity index (χ3v) is 8.38. The Kier molecular flexibility index (Phi) is 27.9. The summed E-state index contributed by atoms with van der Waals surface area (Å²) in [6, 6.07) is 0. The lowest BCUT2D eigenvalue weighted by Gasteiger charge is -2.26. The van der Waals surface area contributed by atoms with Crippen molar-refractivity contribution in [1.29, 1.82) is 0 Å². The van der Waals surface area contributed by atoms with E-state index in [4.69, 9.17) is 0 Å². The number of halogens is 3. The second-order valence-electron chi connectivity index (χ2n) is 4.24. The molecule has 0 spiro atoms. The van der Waals surface area contributed by atoms with Crippen molar-refractivity contribution >= 4 is 58.2 Å². The van der Waals surface area contributed by atoms with E-state index in [1.165, 1.54) is 25.7 Å². The first-order chi connectivity index (χ1) is 6.24. The predicted molar refractivity (Wildman–Crippen MR) is 98.5 cm³/mol. The normalized spacial score (nSPS) is 9.75. The van der Waals surface area contributed by atoms with Gasteiger partial charge in [-0.15, -0.1) is 50.9 Å². The summed E-state index contributed by atoms with van der Waals surface area (Å²) in [7, 11) is -0.496. The van der Waals surface area contributed by atoms with E-state index in [1.54, 1.807) is 24.6 Å². The summed E-state index contributed by atoms with van der Waals surface area (Å²) in [5.74, 6) is 0. The Hall–Kier alpha value is 1.87. The molecule has 0 unspecified atom stereocenters. The van der Waals surface area contributed by atoms with Crippen LogP contribution in [-0.4, -0.2) is 24.6 Å². The maximum absolute atomic E-state index is 2.36. The van der Waals surface area contributed by atoms with Crippen LogP contribution in [0.3, 0.4) is 0 Å². The SMILES string of the molecule is Br.Br.Br.CCC[P+](CCC)(CCC)CCC. The van der Waals surface area contributed by atoms with Gasteiger partial charge < -0.3 is 0 Å². The minimum atomic E-state index is -0.496. The summed E-state index contributed by atoms with van der Waals surface area (Å²) in [4.78, 5) is 0. The second kappa shape index (κ2) is 16.9. The van der Waals surface area contributed by atoms with Crippen LogP contribution in [0.4, 0.5) is 0 Å². The van der Waals surface area contributed by atoms with Crippen LogP contribution in [0.1, 0.15) is 53.4 Å². The fraction of sp³-hybridized carbons (Fsp3) is 1.00. The lowest BCUT2D eigenvalue weighted by molar-refractivity contribution is 0.963. The molecule has 0 saturated heterocycles. The molecule has 0 saturated carbocycles. The summed E-state index contributed by atoms with van der Waals surface area (Å²) >= 11 is 0. The maximum atomic E-state index is 2.36.